The predicted molar refractivity (Wildman–Crippen MR) is 125 cm³/mol. The standard InChI is InChI=1S/C22H32N4O4S2/c1-15-20(22(27)26-10-12-30-13-11-26)31-21(23-15)18-14-19(16(2)24(18)3)32(28,29)25(4)17-8-6-5-7-9-17/h14,17H,5-13H2,1-4H3. The van der Waals surface area contributed by atoms with Crippen molar-refractivity contribution >= 4 is 27.3 Å². The van der Waals surface area contributed by atoms with E-state index in [4.69, 9.17) is 4.74 Å². The van der Waals surface area contributed by atoms with Gasteiger partial charge in [-0.3, -0.25) is 4.79 Å². The highest BCUT2D eigenvalue weighted by Crippen LogP contribution is 2.35. The van der Waals surface area contributed by atoms with Gasteiger partial charge in [0.1, 0.15) is 14.8 Å². The van der Waals surface area contributed by atoms with Crippen LogP contribution in [-0.2, 0) is 21.8 Å². The minimum absolute atomic E-state index is 0.0367. The molecule has 0 N–H and O–H groups in total. The average molecular weight is 481 g/mol. The lowest BCUT2D eigenvalue weighted by molar-refractivity contribution is 0.0305. The third kappa shape index (κ3) is 4.25. The summed E-state index contributed by atoms with van der Waals surface area (Å²) in [5.74, 6) is -0.0367. The highest BCUT2D eigenvalue weighted by Gasteiger charge is 2.33. The van der Waals surface area contributed by atoms with Crippen molar-refractivity contribution in [1.82, 2.24) is 18.8 Å². The topological polar surface area (TPSA) is 84.7 Å². The first-order chi connectivity index (χ1) is 15.2. The minimum Gasteiger partial charge on any atom is -0.378 e. The number of aromatic nitrogens is 2. The Labute approximate surface area is 194 Å². The van der Waals surface area contributed by atoms with Crippen LogP contribution in [0.3, 0.4) is 0 Å². The van der Waals surface area contributed by atoms with E-state index in [0.717, 1.165) is 25.7 Å². The highest BCUT2D eigenvalue weighted by atomic mass is 32.2. The molecule has 1 saturated carbocycles. The van der Waals surface area contributed by atoms with Crippen LogP contribution in [0, 0.1) is 13.8 Å². The maximum Gasteiger partial charge on any atom is 0.266 e. The zero-order valence-corrected chi connectivity index (χ0v) is 20.9. The van der Waals surface area contributed by atoms with E-state index < -0.39 is 10.0 Å². The monoisotopic (exact) mass is 480 g/mol. The number of ether oxygens (including phenoxy) is 1. The van der Waals surface area contributed by atoms with Crippen LogP contribution >= 0.6 is 11.3 Å². The number of rotatable bonds is 5. The number of carbonyl (C=O) groups excluding carboxylic acids is 1. The molecule has 2 aromatic rings. The minimum atomic E-state index is -3.62. The van der Waals surface area contributed by atoms with Crippen molar-refractivity contribution in [3.63, 3.8) is 0 Å². The fourth-order valence-electron chi connectivity index (χ4n) is 4.55. The molecule has 176 valence electrons. The Morgan fingerprint density at radius 1 is 1.19 bits per heavy atom. The van der Waals surface area contributed by atoms with Crippen molar-refractivity contribution in [1.29, 1.82) is 0 Å². The summed E-state index contributed by atoms with van der Waals surface area (Å²) < 4.78 is 35.7. The molecule has 1 saturated heterocycles. The van der Waals surface area contributed by atoms with Gasteiger partial charge >= 0.3 is 0 Å². The molecule has 0 unspecified atom stereocenters. The van der Waals surface area contributed by atoms with Crippen molar-refractivity contribution in [2.45, 2.75) is 56.9 Å². The number of hydrogen-bond acceptors (Lipinski definition) is 6. The van der Waals surface area contributed by atoms with Gasteiger partial charge in [-0.25, -0.2) is 13.4 Å². The molecule has 3 heterocycles. The number of amides is 1. The van der Waals surface area contributed by atoms with Gasteiger partial charge in [0, 0.05) is 38.9 Å². The maximum absolute atomic E-state index is 13.5. The molecule has 0 spiro atoms. The van der Waals surface area contributed by atoms with E-state index in [1.165, 1.54) is 17.8 Å². The number of sulfonamides is 1. The molecule has 2 aliphatic rings. The summed E-state index contributed by atoms with van der Waals surface area (Å²) in [7, 11) is -0.0653. The first-order valence-electron chi connectivity index (χ1n) is 11.2. The predicted octanol–water partition coefficient (Wildman–Crippen LogP) is 3.19. The van der Waals surface area contributed by atoms with Crippen LogP contribution in [0.5, 0.6) is 0 Å². The molecule has 0 radical (unpaired) electrons. The number of aryl methyl sites for hydroxylation is 1. The van der Waals surface area contributed by atoms with Crippen LogP contribution in [0.25, 0.3) is 10.7 Å². The molecule has 0 atom stereocenters. The van der Waals surface area contributed by atoms with Gasteiger partial charge in [-0.05, 0) is 32.8 Å². The van der Waals surface area contributed by atoms with E-state index in [9.17, 15) is 13.2 Å². The zero-order chi connectivity index (χ0) is 23.0. The summed E-state index contributed by atoms with van der Waals surface area (Å²) in [6.45, 7) is 5.89. The molecule has 8 nitrogen and oxygen atoms in total. The summed E-state index contributed by atoms with van der Waals surface area (Å²) in [5.41, 5.74) is 2.06. The van der Waals surface area contributed by atoms with E-state index in [1.807, 2.05) is 25.5 Å². The van der Waals surface area contributed by atoms with Crippen molar-refractivity contribution in [2.75, 3.05) is 33.4 Å². The molecular weight excluding hydrogens is 448 g/mol. The summed E-state index contributed by atoms with van der Waals surface area (Å²) in [6.07, 6.45) is 5.14. The molecule has 0 bridgehead atoms. The lowest BCUT2D eigenvalue weighted by atomic mass is 9.96. The maximum atomic E-state index is 13.5. The normalized spacial score (nSPS) is 18.5. The quantitative estimate of drug-likeness (QED) is 0.656. The van der Waals surface area contributed by atoms with E-state index in [0.29, 0.717) is 58.2 Å². The smallest absolute Gasteiger partial charge is 0.266 e. The Bertz CT molecular complexity index is 1090. The van der Waals surface area contributed by atoms with Crippen LogP contribution in [0.1, 0.15) is 53.2 Å². The summed E-state index contributed by atoms with van der Waals surface area (Å²) in [4.78, 5) is 20.3. The first-order valence-corrected chi connectivity index (χ1v) is 13.5. The second-order valence-corrected chi connectivity index (χ2v) is 11.7. The third-order valence-electron chi connectivity index (χ3n) is 6.74. The largest absolute Gasteiger partial charge is 0.378 e. The van der Waals surface area contributed by atoms with Gasteiger partial charge < -0.3 is 14.2 Å². The fraction of sp³-hybridized carbons (Fsp3) is 0.636. The molecule has 0 aromatic carbocycles. The Balaban J connectivity index is 1.65. The second kappa shape index (κ2) is 9.24. The Hall–Kier alpha value is -1.75. The van der Waals surface area contributed by atoms with Crippen molar-refractivity contribution < 1.29 is 17.9 Å². The highest BCUT2D eigenvalue weighted by molar-refractivity contribution is 7.89. The molecule has 32 heavy (non-hydrogen) atoms. The molecule has 1 amide bonds. The number of nitrogens with zero attached hydrogens (tertiary/aromatic N) is 4. The third-order valence-corrected chi connectivity index (χ3v) is 9.94. The number of thiazole rings is 1. The average Bonchev–Trinajstić information content (AvgIpc) is 3.33. The number of hydrogen-bond donors (Lipinski definition) is 0. The van der Waals surface area contributed by atoms with E-state index in [2.05, 4.69) is 4.98 Å². The van der Waals surface area contributed by atoms with Crippen LogP contribution in [0.2, 0.25) is 0 Å². The molecule has 1 aliphatic carbocycles. The van der Waals surface area contributed by atoms with Gasteiger partial charge in [0.15, 0.2) is 0 Å². The Kier molecular flexibility index (Phi) is 6.76. The lowest BCUT2D eigenvalue weighted by Crippen LogP contribution is -2.40. The number of carbonyl (C=O) groups is 1. The fourth-order valence-corrected chi connectivity index (χ4v) is 7.32. The van der Waals surface area contributed by atoms with E-state index >= 15 is 0 Å². The Morgan fingerprint density at radius 3 is 2.50 bits per heavy atom. The van der Waals surface area contributed by atoms with Gasteiger partial charge in [0.25, 0.3) is 5.91 Å². The summed E-state index contributed by atoms with van der Waals surface area (Å²) in [5, 5.41) is 0.659. The molecule has 4 rings (SSSR count). The van der Waals surface area contributed by atoms with Crippen LogP contribution in [0.4, 0.5) is 0 Å². The summed E-state index contributed by atoms with van der Waals surface area (Å²) in [6, 6.07) is 1.77. The molecule has 2 fully saturated rings. The van der Waals surface area contributed by atoms with Gasteiger partial charge in [0.2, 0.25) is 10.0 Å². The van der Waals surface area contributed by atoms with Crippen LogP contribution in [-0.4, -0.2) is 72.5 Å². The zero-order valence-electron chi connectivity index (χ0n) is 19.3. The van der Waals surface area contributed by atoms with Gasteiger partial charge in [-0.1, -0.05) is 19.3 Å². The SMILES string of the molecule is Cc1nc(-c2cc(S(=O)(=O)N(C)C3CCCCC3)c(C)n2C)sc1C(=O)N1CCOCC1. The van der Waals surface area contributed by atoms with Crippen molar-refractivity contribution in [3.8, 4) is 10.7 Å². The molecule has 1 aliphatic heterocycles. The van der Waals surface area contributed by atoms with Crippen LogP contribution < -0.4 is 0 Å². The van der Waals surface area contributed by atoms with Gasteiger partial charge in [0.05, 0.1) is 24.6 Å². The molecule has 2 aromatic heterocycles. The summed E-state index contributed by atoms with van der Waals surface area (Å²) >= 11 is 1.33. The van der Waals surface area contributed by atoms with Crippen molar-refractivity contribution in [3.05, 3.63) is 22.3 Å². The molecular formula is C22H32N4O4S2. The second-order valence-electron chi connectivity index (χ2n) is 8.69. The van der Waals surface area contributed by atoms with Crippen LogP contribution in [0.15, 0.2) is 11.0 Å². The molecule has 10 heteroatoms. The lowest BCUT2D eigenvalue weighted by Gasteiger charge is -2.30. The Morgan fingerprint density at radius 2 is 1.84 bits per heavy atom. The van der Waals surface area contributed by atoms with E-state index in [1.54, 1.807) is 22.3 Å². The van der Waals surface area contributed by atoms with Gasteiger partial charge in [-0.15, -0.1) is 11.3 Å². The first kappa shape index (κ1) is 23.4. The number of morpholine rings is 1. The van der Waals surface area contributed by atoms with Crippen molar-refractivity contribution in [2.24, 2.45) is 7.05 Å². The van der Waals surface area contributed by atoms with E-state index in [-0.39, 0.29) is 11.9 Å². The van der Waals surface area contributed by atoms with Gasteiger partial charge in [-0.2, -0.15) is 4.31 Å².